The molecule has 0 saturated carbocycles. The molecule has 0 spiro atoms. The number of imide groups is 1. The zero-order valence-electron chi connectivity index (χ0n) is 29.7. The van der Waals surface area contributed by atoms with Crippen LogP contribution in [0.3, 0.4) is 0 Å². The highest BCUT2D eigenvalue weighted by Crippen LogP contribution is 2.34. The number of piperazine rings is 1. The lowest BCUT2D eigenvalue weighted by Gasteiger charge is -2.34. The number of piperidine rings is 1. The fourth-order valence-electron chi connectivity index (χ4n) is 6.86. The fraction of sp³-hybridized carbons (Fsp3) is 0.289. The first-order valence-electron chi connectivity index (χ1n) is 17.6. The predicted molar refractivity (Wildman–Crippen MR) is 203 cm³/mol. The minimum Gasteiger partial charge on any atom is -0.494 e. The molecule has 1 aromatic heterocycles. The number of aromatic nitrogens is 2. The van der Waals surface area contributed by atoms with Gasteiger partial charge >= 0.3 is 0 Å². The molecule has 0 radical (unpaired) electrons. The maximum atomic E-state index is 13.7. The quantitative estimate of drug-likeness (QED) is 0.129. The second kappa shape index (κ2) is 16.1. The Hall–Kier alpha value is -6.13. The number of ether oxygens (including phenoxy) is 1. The summed E-state index contributed by atoms with van der Waals surface area (Å²) in [4.78, 5) is 77.3. The van der Waals surface area contributed by atoms with Crippen LogP contribution in [0, 0.1) is 5.82 Å². The monoisotopic (exact) mass is 769 g/mol. The minimum absolute atomic E-state index is 0.0334. The molecule has 4 aromatic rings. The van der Waals surface area contributed by atoms with E-state index < -0.39 is 17.8 Å². The van der Waals surface area contributed by atoms with Gasteiger partial charge in [0.1, 0.15) is 29.8 Å². The fourth-order valence-corrected chi connectivity index (χ4v) is 7.04. The summed E-state index contributed by atoms with van der Waals surface area (Å²) >= 11 is 5.94. The number of methoxy groups -OCH3 is 1. The smallest absolute Gasteiger partial charge is 0.255 e. The van der Waals surface area contributed by atoms with Gasteiger partial charge in [-0.1, -0.05) is 23.7 Å². The summed E-state index contributed by atoms with van der Waals surface area (Å²) in [6, 6.07) is 12.1. The molecule has 3 aliphatic rings. The van der Waals surface area contributed by atoms with Crippen molar-refractivity contribution >= 4 is 74.9 Å². The maximum Gasteiger partial charge on any atom is 0.255 e. The number of benzene rings is 3. The summed E-state index contributed by atoms with van der Waals surface area (Å²) in [5, 5.41) is 12.0. The average Bonchev–Trinajstić information content (AvgIpc) is 3.51. The standard InChI is InChI=1S/C38H37ClFN9O6/c1-55-32-18-29-24(36(43-21-42-29)44-22-7-8-27(40)26(39)16-22)17-30(32)45-33(50)6-3-11-47-12-14-48(15-13-47)35(52)19-41-28-5-2-4-23-25(28)20-49(38(23)54)31-9-10-34(51)46-37(31)53/h2-8,16-18,21,31,41H,9-15,19-20H2,1H3,(H,45,50)(H,42,43,44)(H,46,51,53)/b6-3+. The van der Waals surface area contributed by atoms with Gasteiger partial charge in [-0.25, -0.2) is 14.4 Å². The lowest BCUT2D eigenvalue weighted by molar-refractivity contribution is -0.137. The number of amides is 5. The number of nitrogens with one attached hydrogen (secondary N) is 4. The molecule has 55 heavy (non-hydrogen) atoms. The summed E-state index contributed by atoms with van der Waals surface area (Å²) in [6.45, 7) is 2.98. The van der Waals surface area contributed by atoms with E-state index in [2.05, 4.69) is 36.1 Å². The van der Waals surface area contributed by atoms with Gasteiger partial charge in [-0.3, -0.25) is 34.2 Å². The molecule has 2 saturated heterocycles. The Balaban J connectivity index is 0.896. The Morgan fingerprint density at radius 2 is 1.87 bits per heavy atom. The van der Waals surface area contributed by atoms with Crippen LogP contribution in [-0.4, -0.2) is 107 Å². The molecule has 2 fully saturated rings. The molecule has 17 heteroatoms. The van der Waals surface area contributed by atoms with Crippen molar-refractivity contribution in [1.29, 1.82) is 0 Å². The zero-order valence-corrected chi connectivity index (χ0v) is 30.5. The Bertz CT molecular complexity index is 2230. The van der Waals surface area contributed by atoms with E-state index in [9.17, 15) is 28.4 Å². The van der Waals surface area contributed by atoms with Crippen molar-refractivity contribution in [3.63, 3.8) is 0 Å². The second-order valence-corrected chi connectivity index (χ2v) is 13.6. The van der Waals surface area contributed by atoms with E-state index in [1.807, 2.05) is 0 Å². The first-order valence-corrected chi connectivity index (χ1v) is 18.0. The SMILES string of the molecule is COc1cc2ncnc(Nc3ccc(F)c(Cl)c3)c2cc1NC(=O)/C=C/CN1CCN(C(=O)CNc2cccc3c2CN(C2CCC(=O)NC2=O)C3=O)CC1. The predicted octanol–water partition coefficient (Wildman–Crippen LogP) is 3.69. The van der Waals surface area contributed by atoms with Crippen LogP contribution in [-0.2, 0) is 25.7 Å². The molecule has 4 heterocycles. The number of hydrogen-bond donors (Lipinski definition) is 4. The van der Waals surface area contributed by atoms with E-state index in [0.717, 1.165) is 0 Å². The number of rotatable bonds is 11. The van der Waals surface area contributed by atoms with Gasteiger partial charge in [0.15, 0.2) is 0 Å². The highest BCUT2D eigenvalue weighted by atomic mass is 35.5. The first-order chi connectivity index (χ1) is 26.6. The van der Waals surface area contributed by atoms with Crippen LogP contribution in [0.4, 0.5) is 27.3 Å². The van der Waals surface area contributed by atoms with Gasteiger partial charge in [-0.2, -0.15) is 0 Å². The highest BCUT2D eigenvalue weighted by molar-refractivity contribution is 6.31. The van der Waals surface area contributed by atoms with Crippen LogP contribution in [0.25, 0.3) is 10.9 Å². The third-order valence-corrected chi connectivity index (χ3v) is 10.1. The third kappa shape index (κ3) is 8.19. The zero-order chi connectivity index (χ0) is 38.6. The molecular formula is C38H37ClFN9O6. The van der Waals surface area contributed by atoms with Crippen molar-refractivity contribution in [3.05, 3.63) is 89.0 Å². The van der Waals surface area contributed by atoms with Gasteiger partial charge in [0.05, 0.1) is 29.9 Å². The topological polar surface area (TPSA) is 178 Å². The van der Waals surface area contributed by atoms with E-state index in [0.29, 0.717) is 83.4 Å². The number of nitrogens with zero attached hydrogens (tertiary/aromatic N) is 5. The molecule has 15 nitrogen and oxygen atoms in total. The van der Waals surface area contributed by atoms with Crippen LogP contribution in [0.5, 0.6) is 5.75 Å². The molecule has 4 N–H and O–H groups in total. The van der Waals surface area contributed by atoms with Crippen molar-refractivity contribution in [2.75, 3.05) is 62.3 Å². The molecule has 7 rings (SSSR count). The summed E-state index contributed by atoms with van der Waals surface area (Å²) < 4.78 is 19.2. The number of halogens is 2. The molecule has 0 aliphatic carbocycles. The van der Waals surface area contributed by atoms with Gasteiger partial charge < -0.3 is 30.5 Å². The number of anilines is 4. The van der Waals surface area contributed by atoms with Gasteiger partial charge in [0, 0.05) is 85.7 Å². The molecule has 284 valence electrons. The van der Waals surface area contributed by atoms with Crippen molar-refractivity contribution < 1.29 is 33.1 Å². The van der Waals surface area contributed by atoms with E-state index in [4.69, 9.17) is 16.3 Å². The Morgan fingerprint density at radius 1 is 1.05 bits per heavy atom. The number of fused-ring (bicyclic) bond motifs is 2. The summed E-state index contributed by atoms with van der Waals surface area (Å²) in [5.74, 6) is -1.27. The van der Waals surface area contributed by atoms with Crippen LogP contribution in [0.1, 0.15) is 28.8 Å². The van der Waals surface area contributed by atoms with E-state index >= 15 is 0 Å². The third-order valence-electron chi connectivity index (χ3n) is 9.77. The van der Waals surface area contributed by atoms with Crippen molar-refractivity contribution in [1.82, 2.24) is 30.0 Å². The van der Waals surface area contributed by atoms with Crippen molar-refractivity contribution in [2.45, 2.75) is 25.4 Å². The van der Waals surface area contributed by atoms with Gasteiger partial charge in [0.2, 0.25) is 23.6 Å². The lowest BCUT2D eigenvalue weighted by Crippen LogP contribution is -2.52. The van der Waals surface area contributed by atoms with Crippen molar-refractivity contribution in [2.24, 2.45) is 0 Å². The Kier molecular flexibility index (Phi) is 10.9. The molecule has 0 bridgehead atoms. The minimum atomic E-state index is -0.718. The first kappa shape index (κ1) is 37.2. The average molecular weight is 770 g/mol. The summed E-state index contributed by atoms with van der Waals surface area (Å²) in [5.41, 5.74) is 3.32. The molecular weight excluding hydrogens is 733 g/mol. The summed E-state index contributed by atoms with van der Waals surface area (Å²) in [6.07, 6.45) is 5.02. The maximum absolute atomic E-state index is 13.7. The van der Waals surface area contributed by atoms with Gasteiger partial charge in [0.25, 0.3) is 5.91 Å². The van der Waals surface area contributed by atoms with Crippen LogP contribution in [0.15, 0.2) is 67.0 Å². The number of carbonyl (C=O) groups is 5. The molecule has 1 atom stereocenters. The Labute approximate surface area is 319 Å². The van der Waals surface area contributed by atoms with Crippen LogP contribution < -0.4 is 26.0 Å². The van der Waals surface area contributed by atoms with E-state index in [1.165, 1.54) is 42.6 Å². The molecule has 5 amide bonds. The molecule has 3 aliphatic heterocycles. The second-order valence-electron chi connectivity index (χ2n) is 13.2. The number of hydrogen-bond acceptors (Lipinski definition) is 11. The van der Waals surface area contributed by atoms with Crippen LogP contribution in [0.2, 0.25) is 5.02 Å². The van der Waals surface area contributed by atoms with Gasteiger partial charge in [-0.05, 0) is 42.8 Å². The Morgan fingerprint density at radius 3 is 2.64 bits per heavy atom. The van der Waals surface area contributed by atoms with Crippen molar-refractivity contribution in [3.8, 4) is 5.75 Å². The molecule has 1 unspecified atom stereocenters. The highest BCUT2D eigenvalue weighted by Gasteiger charge is 2.40. The normalized spacial score (nSPS) is 17.4. The van der Waals surface area contributed by atoms with Gasteiger partial charge in [-0.15, -0.1) is 0 Å². The van der Waals surface area contributed by atoms with E-state index in [-0.39, 0.29) is 54.6 Å². The summed E-state index contributed by atoms with van der Waals surface area (Å²) in [7, 11) is 1.49. The van der Waals surface area contributed by atoms with Crippen LogP contribution >= 0.6 is 11.6 Å². The molecule has 3 aromatic carbocycles. The largest absolute Gasteiger partial charge is 0.494 e. The number of carbonyl (C=O) groups excluding carboxylic acids is 5. The van der Waals surface area contributed by atoms with E-state index in [1.54, 1.807) is 41.3 Å². The lowest BCUT2D eigenvalue weighted by atomic mass is 10.0.